The van der Waals surface area contributed by atoms with Crippen molar-refractivity contribution in [2.45, 2.75) is 44.2 Å². The van der Waals surface area contributed by atoms with Gasteiger partial charge in [-0.25, -0.2) is 0 Å². The van der Waals surface area contributed by atoms with Crippen LogP contribution in [0.3, 0.4) is 0 Å². The average Bonchev–Trinajstić information content (AvgIpc) is 2.94. The van der Waals surface area contributed by atoms with Gasteiger partial charge < -0.3 is 30.7 Å². The summed E-state index contributed by atoms with van der Waals surface area (Å²) in [5.41, 5.74) is 8.20. The Morgan fingerprint density at radius 3 is 2.79 bits per heavy atom. The highest BCUT2D eigenvalue weighted by Gasteiger charge is 2.31. The van der Waals surface area contributed by atoms with E-state index in [0.717, 1.165) is 61.9 Å². The number of benzene rings is 2. The zero-order valence-electron chi connectivity index (χ0n) is 22.4. The van der Waals surface area contributed by atoms with E-state index in [0.29, 0.717) is 28.4 Å². The Balaban J connectivity index is 1.19. The number of nitrogen functional groups attached to an aromatic ring is 1. The van der Waals surface area contributed by atoms with E-state index in [1.165, 1.54) is 13.2 Å². The lowest BCUT2D eigenvalue weighted by atomic mass is 10.00. The van der Waals surface area contributed by atoms with E-state index in [2.05, 4.69) is 20.5 Å². The number of ether oxygens (including phenoxy) is 2. The Morgan fingerprint density at radius 1 is 1.15 bits per heavy atom. The molecule has 39 heavy (non-hydrogen) atoms. The van der Waals surface area contributed by atoms with Crippen LogP contribution in [0.2, 0.25) is 5.02 Å². The number of hydrogen-bond acceptors (Lipinski definition) is 7. The first-order chi connectivity index (χ1) is 18.9. The fourth-order valence-electron chi connectivity index (χ4n) is 4.97. The number of fused-ring (bicyclic) bond motifs is 1. The molecule has 1 aliphatic rings. The number of aromatic nitrogens is 1. The summed E-state index contributed by atoms with van der Waals surface area (Å²) in [6.07, 6.45) is 5.61. The van der Waals surface area contributed by atoms with Crippen molar-refractivity contribution in [3.05, 3.63) is 59.2 Å². The molecule has 4 N–H and O–H groups in total. The Kier molecular flexibility index (Phi) is 9.97. The number of likely N-dealkylation sites (tertiary alicyclic amines) is 1. The molecule has 10 heteroatoms. The van der Waals surface area contributed by atoms with Crippen molar-refractivity contribution in [3.8, 4) is 5.75 Å². The second-order valence-corrected chi connectivity index (χ2v) is 10.2. The van der Waals surface area contributed by atoms with Gasteiger partial charge >= 0.3 is 0 Å². The number of nitrogens with one attached hydrogen (secondary N) is 2. The van der Waals surface area contributed by atoms with Gasteiger partial charge in [-0.3, -0.25) is 14.6 Å². The van der Waals surface area contributed by atoms with Crippen LogP contribution in [0.4, 0.5) is 11.4 Å². The molecule has 2 unspecified atom stereocenters. The highest BCUT2D eigenvalue weighted by atomic mass is 35.5. The molecule has 4 rings (SSSR count). The molecule has 3 aromatic rings. The lowest BCUT2D eigenvalue weighted by Gasteiger charge is -2.38. The third kappa shape index (κ3) is 7.38. The van der Waals surface area contributed by atoms with Crippen LogP contribution in [0.15, 0.2) is 48.7 Å². The number of methoxy groups -OCH3 is 2. The van der Waals surface area contributed by atoms with Crippen molar-refractivity contribution in [2.75, 3.05) is 44.9 Å². The van der Waals surface area contributed by atoms with Crippen molar-refractivity contribution in [2.24, 2.45) is 0 Å². The minimum atomic E-state index is -0.271. The fourth-order valence-corrected chi connectivity index (χ4v) is 5.14. The van der Waals surface area contributed by atoms with Crippen LogP contribution in [0.5, 0.6) is 5.75 Å². The van der Waals surface area contributed by atoms with Gasteiger partial charge in [0.15, 0.2) is 0 Å². The van der Waals surface area contributed by atoms with Crippen LogP contribution in [-0.2, 0) is 9.53 Å². The van der Waals surface area contributed by atoms with Crippen LogP contribution in [0.25, 0.3) is 10.9 Å². The third-order valence-electron chi connectivity index (χ3n) is 7.12. The molecule has 0 radical (unpaired) electrons. The number of carbonyl (C=O) groups excluding carboxylic acids is 2. The molecule has 0 saturated carbocycles. The van der Waals surface area contributed by atoms with E-state index in [-0.39, 0.29) is 24.0 Å². The Labute approximate surface area is 234 Å². The van der Waals surface area contributed by atoms with E-state index in [4.69, 9.17) is 26.8 Å². The lowest BCUT2D eigenvalue weighted by Crippen LogP contribution is -2.54. The summed E-state index contributed by atoms with van der Waals surface area (Å²) < 4.78 is 11.0. The molecule has 1 aromatic heterocycles. The van der Waals surface area contributed by atoms with Crippen molar-refractivity contribution in [1.29, 1.82) is 0 Å². The molecule has 2 amide bonds. The maximum Gasteiger partial charge on any atom is 0.255 e. The number of hydrogen-bond donors (Lipinski definition) is 3. The number of unbranched alkanes of at least 4 members (excludes halogenated alkanes) is 2. The number of nitrogens with zero attached hydrogens (tertiary/aromatic N) is 2. The monoisotopic (exact) mass is 553 g/mol. The number of pyridine rings is 1. The zero-order chi connectivity index (χ0) is 27.8. The quantitative estimate of drug-likeness (QED) is 0.236. The van der Waals surface area contributed by atoms with Crippen molar-refractivity contribution >= 4 is 45.7 Å². The van der Waals surface area contributed by atoms with Gasteiger partial charge in [0.2, 0.25) is 5.91 Å². The van der Waals surface area contributed by atoms with Crippen LogP contribution in [0.1, 0.15) is 42.5 Å². The SMILES string of the molecule is COc1cc(N)c(Cl)cc1C(=O)NC1CCN(CCCCCC(=O)Nc2cccc3ncccc23)CC1OC. The standard InChI is InChI=1S/C29H36ClN5O4/c1-38-26-17-22(31)21(30)16-20(26)29(37)34-25-12-15-35(18-27(25)39-2)14-5-3-4-11-28(36)33-24-10-6-9-23-19(24)8-7-13-32-23/h6-10,13,16-17,25,27H,3-5,11-12,14-15,18,31H2,1-2H3,(H,33,36)(H,34,37). The summed E-state index contributed by atoms with van der Waals surface area (Å²) in [7, 11) is 3.16. The van der Waals surface area contributed by atoms with E-state index in [1.54, 1.807) is 19.4 Å². The lowest BCUT2D eigenvalue weighted by molar-refractivity contribution is -0.116. The number of carbonyl (C=O) groups is 2. The highest BCUT2D eigenvalue weighted by molar-refractivity contribution is 6.33. The van der Waals surface area contributed by atoms with Gasteiger partial charge in [0.25, 0.3) is 5.91 Å². The fraction of sp³-hybridized carbons (Fsp3) is 0.414. The Morgan fingerprint density at radius 2 is 2.00 bits per heavy atom. The van der Waals surface area contributed by atoms with Gasteiger partial charge in [0.1, 0.15) is 5.75 Å². The van der Waals surface area contributed by atoms with Crippen molar-refractivity contribution in [1.82, 2.24) is 15.2 Å². The first-order valence-corrected chi connectivity index (χ1v) is 13.6. The number of nitrogens with two attached hydrogens (primary N) is 1. The van der Waals surface area contributed by atoms with Crippen molar-refractivity contribution < 1.29 is 19.1 Å². The zero-order valence-corrected chi connectivity index (χ0v) is 23.2. The van der Waals surface area contributed by atoms with Crippen LogP contribution in [-0.4, -0.2) is 67.7 Å². The maximum absolute atomic E-state index is 13.0. The molecule has 0 bridgehead atoms. The van der Waals surface area contributed by atoms with E-state index in [9.17, 15) is 9.59 Å². The predicted octanol–water partition coefficient (Wildman–Crippen LogP) is 4.50. The Hall–Kier alpha value is -3.40. The van der Waals surface area contributed by atoms with E-state index >= 15 is 0 Å². The summed E-state index contributed by atoms with van der Waals surface area (Å²) in [6.45, 7) is 2.48. The van der Waals surface area contributed by atoms with Crippen molar-refractivity contribution in [3.63, 3.8) is 0 Å². The summed E-state index contributed by atoms with van der Waals surface area (Å²) in [5, 5.41) is 7.35. The highest BCUT2D eigenvalue weighted by Crippen LogP contribution is 2.29. The number of rotatable bonds is 11. The minimum Gasteiger partial charge on any atom is -0.496 e. The molecule has 2 aromatic carbocycles. The second kappa shape index (κ2) is 13.6. The largest absolute Gasteiger partial charge is 0.496 e. The summed E-state index contributed by atoms with van der Waals surface area (Å²) >= 11 is 6.13. The molecule has 0 spiro atoms. The number of halogens is 1. The number of amides is 2. The van der Waals surface area contributed by atoms with E-state index in [1.807, 2.05) is 30.3 Å². The molecule has 2 heterocycles. The minimum absolute atomic E-state index is 0.0152. The number of piperidine rings is 1. The predicted molar refractivity (Wildman–Crippen MR) is 154 cm³/mol. The molecular formula is C29H36ClN5O4. The summed E-state index contributed by atoms with van der Waals surface area (Å²) in [5.74, 6) is 0.122. The average molecular weight is 554 g/mol. The van der Waals surface area contributed by atoms with Crippen LogP contribution >= 0.6 is 11.6 Å². The first-order valence-electron chi connectivity index (χ1n) is 13.2. The smallest absolute Gasteiger partial charge is 0.255 e. The van der Waals surface area contributed by atoms with Gasteiger partial charge in [-0.05, 0) is 56.1 Å². The number of anilines is 2. The van der Waals surface area contributed by atoms with Gasteiger partial charge in [-0.1, -0.05) is 24.1 Å². The van der Waals surface area contributed by atoms with Crippen LogP contribution in [0, 0.1) is 0 Å². The molecule has 0 aliphatic carbocycles. The van der Waals surface area contributed by atoms with Gasteiger partial charge in [-0.15, -0.1) is 0 Å². The molecule has 1 saturated heterocycles. The van der Waals surface area contributed by atoms with E-state index < -0.39 is 0 Å². The molecule has 9 nitrogen and oxygen atoms in total. The normalized spacial score (nSPS) is 17.6. The Bertz CT molecular complexity index is 1300. The summed E-state index contributed by atoms with van der Waals surface area (Å²) in [6, 6.07) is 12.5. The maximum atomic E-state index is 13.0. The summed E-state index contributed by atoms with van der Waals surface area (Å²) in [4.78, 5) is 32.2. The molecule has 2 atom stereocenters. The van der Waals surface area contributed by atoms with Gasteiger partial charge in [0, 0.05) is 44.3 Å². The third-order valence-corrected chi connectivity index (χ3v) is 7.45. The topological polar surface area (TPSA) is 119 Å². The molecule has 208 valence electrons. The second-order valence-electron chi connectivity index (χ2n) is 9.75. The van der Waals surface area contributed by atoms with Crippen LogP contribution < -0.4 is 21.1 Å². The van der Waals surface area contributed by atoms with Gasteiger partial charge in [-0.2, -0.15) is 0 Å². The van der Waals surface area contributed by atoms with Gasteiger partial charge in [0.05, 0.1) is 46.7 Å². The molecular weight excluding hydrogens is 518 g/mol. The molecule has 1 aliphatic heterocycles. The first kappa shape index (κ1) is 28.6. The molecule has 1 fully saturated rings.